The molecule has 3 rings (SSSR count). The van der Waals surface area contributed by atoms with E-state index >= 15 is 0 Å². The number of hydrogen-bond donors (Lipinski definition) is 2. The lowest BCUT2D eigenvalue weighted by Crippen LogP contribution is -2.52. The molecule has 2 amide bonds. The lowest BCUT2D eigenvalue weighted by atomic mass is 10.0. The van der Waals surface area contributed by atoms with E-state index in [4.69, 9.17) is 9.05 Å². The predicted octanol–water partition coefficient (Wildman–Crippen LogP) is 1.71. The monoisotopic (exact) mass is 580 g/mol. The van der Waals surface area contributed by atoms with Gasteiger partial charge in [0.2, 0.25) is 21.8 Å². The largest absolute Gasteiger partial charge is 0.362 e. The molecule has 0 bridgehead atoms. The standard InChI is InChI=1S/C22H31F2N4O8PS/c1-3-34-37(31,35-4-2)15-19(29)26-14-20(30)27-10-12-28(13-11-27)38(32,33)18-7-5-6-17-16(18)8-9-25-21(17)36-22(23)24/h5-9,21-22,25H,3-4,10-15H2,1-2H3,(H,26,29). The van der Waals surface area contributed by atoms with E-state index in [9.17, 15) is 31.4 Å². The van der Waals surface area contributed by atoms with Crippen molar-refractivity contribution in [1.29, 1.82) is 0 Å². The van der Waals surface area contributed by atoms with Crippen LogP contribution in [0.15, 0.2) is 29.3 Å². The lowest BCUT2D eigenvalue weighted by Gasteiger charge is -2.34. The Labute approximate surface area is 219 Å². The van der Waals surface area contributed by atoms with E-state index in [0.717, 1.165) is 0 Å². The van der Waals surface area contributed by atoms with E-state index in [-0.39, 0.29) is 62.0 Å². The summed E-state index contributed by atoms with van der Waals surface area (Å²) in [7, 11) is -7.62. The molecule has 16 heteroatoms. The first kappa shape index (κ1) is 30.1. The first-order valence-corrected chi connectivity index (χ1v) is 15.1. The molecule has 0 saturated carbocycles. The molecular formula is C22H31F2N4O8PS. The molecule has 2 heterocycles. The molecule has 1 saturated heterocycles. The smallest absolute Gasteiger partial charge is 0.347 e. The maximum atomic E-state index is 13.4. The van der Waals surface area contributed by atoms with Crippen molar-refractivity contribution >= 4 is 35.5 Å². The van der Waals surface area contributed by atoms with Crippen molar-refractivity contribution in [2.75, 3.05) is 52.1 Å². The van der Waals surface area contributed by atoms with Gasteiger partial charge in [-0.3, -0.25) is 18.9 Å². The van der Waals surface area contributed by atoms with E-state index in [1.165, 1.54) is 39.7 Å². The molecule has 2 aliphatic rings. The molecule has 12 nitrogen and oxygen atoms in total. The SMILES string of the molecule is CCOP(=O)(CC(=O)NCC(=O)N1CCN(S(=O)(=O)c2cccc3c2C=CNC3OC(F)F)CC1)OCC. The highest BCUT2D eigenvalue weighted by Gasteiger charge is 2.34. The van der Waals surface area contributed by atoms with Crippen LogP contribution < -0.4 is 10.6 Å². The van der Waals surface area contributed by atoms with Crippen LogP contribution in [0.1, 0.15) is 31.2 Å². The van der Waals surface area contributed by atoms with Gasteiger partial charge >= 0.3 is 14.2 Å². The minimum atomic E-state index is -4.02. The van der Waals surface area contributed by atoms with E-state index < -0.39 is 48.4 Å². The maximum Gasteiger partial charge on any atom is 0.347 e. The molecule has 1 fully saturated rings. The fourth-order valence-electron chi connectivity index (χ4n) is 4.07. The number of nitrogens with one attached hydrogen (secondary N) is 2. The summed E-state index contributed by atoms with van der Waals surface area (Å²) in [4.78, 5) is 26.1. The second-order valence-electron chi connectivity index (χ2n) is 8.20. The number of hydrogen-bond acceptors (Lipinski definition) is 9. The molecule has 0 aromatic heterocycles. The Morgan fingerprint density at radius 3 is 2.42 bits per heavy atom. The minimum absolute atomic E-state index is 0.00546. The summed E-state index contributed by atoms with van der Waals surface area (Å²) in [6.07, 6.45) is 1.10. The number of carbonyl (C=O) groups is 2. The first-order valence-electron chi connectivity index (χ1n) is 11.9. The van der Waals surface area contributed by atoms with E-state index in [1.807, 2.05) is 0 Å². The number of nitrogens with zero attached hydrogens (tertiary/aromatic N) is 2. The minimum Gasteiger partial charge on any atom is -0.362 e. The summed E-state index contributed by atoms with van der Waals surface area (Å²) in [5, 5.41) is 5.03. The number of sulfonamides is 1. The van der Waals surface area contributed by atoms with Crippen LogP contribution in [0.4, 0.5) is 8.78 Å². The van der Waals surface area contributed by atoms with E-state index in [0.29, 0.717) is 0 Å². The van der Waals surface area contributed by atoms with Crippen molar-refractivity contribution in [2.45, 2.75) is 31.6 Å². The van der Waals surface area contributed by atoms with Crippen molar-refractivity contribution in [2.24, 2.45) is 0 Å². The van der Waals surface area contributed by atoms with Gasteiger partial charge in [0.25, 0.3) is 0 Å². The Hall–Kier alpha value is -2.42. The molecule has 2 N–H and O–H groups in total. The number of fused-ring (bicyclic) bond motifs is 1. The topological polar surface area (TPSA) is 144 Å². The van der Waals surface area contributed by atoms with Gasteiger partial charge in [-0.2, -0.15) is 13.1 Å². The third kappa shape index (κ3) is 7.36. The van der Waals surface area contributed by atoms with Crippen LogP contribution in [0.3, 0.4) is 0 Å². The van der Waals surface area contributed by atoms with Gasteiger partial charge in [0.15, 0.2) is 6.23 Å². The number of amides is 2. The van der Waals surface area contributed by atoms with Gasteiger partial charge in [0, 0.05) is 37.3 Å². The fourth-order valence-corrected chi connectivity index (χ4v) is 7.22. The van der Waals surface area contributed by atoms with Crippen LogP contribution in [-0.2, 0) is 38.0 Å². The molecular weight excluding hydrogens is 549 g/mol. The number of carbonyl (C=O) groups excluding carboxylic acids is 2. The van der Waals surface area contributed by atoms with Gasteiger partial charge in [0.1, 0.15) is 6.16 Å². The van der Waals surface area contributed by atoms with Crippen LogP contribution in [0.2, 0.25) is 0 Å². The van der Waals surface area contributed by atoms with Gasteiger partial charge < -0.3 is 24.6 Å². The summed E-state index contributed by atoms with van der Waals surface area (Å²) < 4.78 is 80.7. The van der Waals surface area contributed by atoms with Gasteiger partial charge in [-0.15, -0.1) is 0 Å². The Morgan fingerprint density at radius 2 is 1.82 bits per heavy atom. The highest BCUT2D eigenvalue weighted by atomic mass is 32.2. The van der Waals surface area contributed by atoms with Crippen LogP contribution in [0, 0.1) is 0 Å². The predicted molar refractivity (Wildman–Crippen MR) is 133 cm³/mol. The maximum absolute atomic E-state index is 13.4. The van der Waals surface area contributed by atoms with Gasteiger partial charge in [0.05, 0.1) is 24.7 Å². The number of ether oxygens (including phenoxy) is 1. The molecule has 1 unspecified atom stereocenters. The van der Waals surface area contributed by atoms with E-state index in [2.05, 4.69) is 15.4 Å². The van der Waals surface area contributed by atoms with E-state index in [1.54, 1.807) is 13.8 Å². The quantitative estimate of drug-likeness (QED) is 0.353. The number of benzene rings is 1. The Balaban J connectivity index is 1.59. The molecule has 1 atom stereocenters. The van der Waals surface area contributed by atoms with Crippen molar-refractivity contribution in [1.82, 2.24) is 19.8 Å². The van der Waals surface area contributed by atoms with Crippen molar-refractivity contribution in [3.8, 4) is 0 Å². The zero-order chi connectivity index (χ0) is 27.9. The van der Waals surface area contributed by atoms with Crippen molar-refractivity contribution < 1.29 is 45.1 Å². The van der Waals surface area contributed by atoms with Crippen LogP contribution >= 0.6 is 7.60 Å². The van der Waals surface area contributed by atoms with Crippen molar-refractivity contribution in [3.05, 3.63) is 35.5 Å². The number of rotatable bonds is 12. The average molecular weight is 581 g/mol. The molecule has 0 aliphatic carbocycles. The second-order valence-corrected chi connectivity index (χ2v) is 12.2. The summed E-state index contributed by atoms with van der Waals surface area (Å²) >= 11 is 0. The summed E-state index contributed by atoms with van der Waals surface area (Å²) in [5.74, 6) is -1.11. The van der Waals surface area contributed by atoms with Gasteiger partial charge in [-0.1, -0.05) is 12.1 Å². The molecule has 0 radical (unpaired) electrons. The molecule has 1 aromatic rings. The third-order valence-electron chi connectivity index (χ3n) is 5.75. The first-order chi connectivity index (χ1) is 18.0. The lowest BCUT2D eigenvalue weighted by molar-refractivity contribution is -0.170. The second kappa shape index (κ2) is 13.1. The highest BCUT2D eigenvalue weighted by molar-refractivity contribution is 7.89. The fraction of sp³-hybridized carbons (Fsp3) is 0.545. The van der Waals surface area contributed by atoms with Crippen LogP contribution in [0.5, 0.6) is 0 Å². The van der Waals surface area contributed by atoms with Gasteiger partial charge in [-0.25, -0.2) is 8.42 Å². The zero-order valence-electron chi connectivity index (χ0n) is 21.0. The average Bonchev–Trinajstić information content (AvgIpc) is 2.87. The summed E-state index contributed by atoms with van der Waals surface area (Å²) in [6.45, 7) is 0.155. The summed E-state index contributed by atoms with van der Waals surface area (Å²) in [5.41, 5.74) is 0.506. The number of halogens is 2. The highest BCUT2D eigenvalue weighted by Crippen LogP contribution is 2.47. The normalized spacial score (nSPS) is 18.2. The van der Waals surface area contributed by atoms with Crippen LogP contribution in [0.25, 0.3) is 6.08 Å². The number of alkyl halides is 2. The Morgan fingerprint density at radius 1 is 1.16 bits per heavy atom. The number of piperazine rings is 1. The molecule has 212 valence electrons. The molecule has 38 heavy (non-hydrogen) atoms. The zero-order valence-corrected chi connectivity index (χ0v) is 22.7. The summed E-state index contributed by atoms with van der Waals surface area (Å²) in [6, 6.07) is 4.34. The molecule has 2 aliphatic heterocycles. The molecule has 1 aromatic carbocycles. The Kier molecular flexibility index (Phi) is 10.4. The van der Waals surface area contributed by atoms with Crippen LogP contribution in [-0.4, -0.2) is 88.1 Å². The van der Waals surface area contributed by atoms with Gasteiger partial charge in [-0.05, 0) is 32.2 Å². The molecule has 0 spiro atoms. The third-order valence-corrected chi connectivity index (χ3v) is 9.69. The Bertz CT molecular complexity index is 1180. The van der Waals surface area contributed by atoms with Crippen molar-refractivity contribution in [3.63, 3.8) is 0 Å².